The van der Waals surface area contributed by atoms with Crippen LogP contribution < -0.4 is 9.80 Å². The summed E-state index contributed by atoms with van der Waals surface area (Å²) in [6, 6.07) is 67.6. The van der Waals surface area contributed by atoms with Crippen LogP contribution in [0.1, 0.15) is 17.3 Å². The van der Waals surface area contributed by atoms with E-state index in [0.29, 0.717) is 0 Å². The topological polar surface area (TPSA) is 45.1 Å². The van der Waals surface area contributed by atoms with E-state index in [4.69, 9.17) is 13.8 Å². The van der Waals surface area contributed by atoms with Gasteiger partial charge in [-0.25, -0.2) is 4.99 Å². The standard InChI is InChI=1S/C50H33N3O2/c1-4-15-33(16-5-1)34-27-29-37(30-28-34)52(36-19-8-3-9-20-36)42-32-31-41(47-39-22-11-13-25-44(39)55-48(42)47)53-49(35-17-6-2-7-18-35)51-50(53)40-23-14-26-45-46(40)38-21-10-12-24-43(38)54-45/h1-32,49H. The van der Waals surface area contributed by atoms with Gasteiger partial charge in [0.05, 0.1) is 16.8 Å². The Morgan fingerprint density at radius 3 is 1.78 bits per heavy atom. The van der Waals surface area contributed by atoms with Crippen LogP contribution in [0.25, 0.3) is 55.0 Å². The van der Waals surface area contributed by atoms with E-state index in [-0.39, 0.29) is 6.17 Å². The highest BCUT2D eigenvalue weighted by atomic mass is 16.3. The molecule has 0 spiro atoms. The summed E-state index contributed by atoms with van der Waals surface area (Å²) in [7, 11) is 0. The van der Waals surface area contributed by atoms with Crippen LogP contribution in [0.15, 0.2) is 208 Å². The van der Waals surface area contributed by atoms with Gasteiger partial charge in [0.25, 0.3) is 0 Å². The van der Waals surface area contributed by atoms with Crippen molar-refractivity contribution in [2.75, 3.05) is 9.80 Å². The molecule has 1 aliphatic rings. The smallest absolute Gasteiger partial charge is 0.161 e. The van der Waals surface area contributed by atoms with Gasteiger partial charge in [0.2, 0.25) is 0 Å². The summed E-state index contributed by atoms with van der Waals surface area (Å²) in [6.45, 7) is 0. The fourth-order valence-electron chi connectivity index (χ4n) is 8.16. The van der Waals surface area contributed by atoms with Crippen molar-refractivity contribution >= 4 is 72.5 Å². The SMILES string of the molecule is c1ccc(-c2ccc(N(c3ccccc3)c3ccc(N4C(c5cccc6oc7ccccc7c56)=NC4c4ccccc4)c4c3oc3ccccc34)cc2)cc1. The van der Waals surface area contributed by atoms with E-state index in [2.05, 4.69) is 174 Å². The van der Waals surface area contributed by atoms with Crippen LogP contribution in [0.2, 0.25) is 0 Å². The molecule has 2 aromatic heterocycles. The minimum Gasteiger partial charge on any atom is -0.456 e. The number of benzene rings is 8. The first-order valence-corrected chi connectivity index (χ1v) is 18.6. The van der Waals surface area contributed by atoms with Crippen LogP contribution in [-0.4, -0.2) is 5.84 Å². The number of aliphatic imine (C=N–C) groups is 1. The number of rotatable bonds is 7. The van der Waals surface area contributed by atoms with Gasteiger partial charge in [-0.3, -0.25) is 4.90 Å². The molecule has 0 radical (unpaired) electrons. The highest BCUT2D eigenvalue weighted by Gasteiger charge is 2.38. The first-order chi connectivity index (χ1) is 27.3. The summed E-state index contributed by atoms with van der Waals surface area (Å²) in [5.41, 5.74) is 11.9. The molecule has 11 rings (SSSR count). The molecule has 55 heavy (non-hydrogen) atoms. The van der Waals surface area contributed by atoms with Crippen LogP contribution in [-0.2, 0) is 0 Å². The molecule has 0 N–H and O–H groups in total. The number of anilines is 4. The third kappa shape index (κ3) is 5.05. The van der Waals surface area contributed by atoms with Crippen molar-refractivity contribution in [3.05, 3.63) is 205 Å². The molecule has 1 unspecified atom stereocenters. The predicted octanol–water partition coefficient (Wildman–Crippen LogP) is 13.6. The number of fused-ring (bicyclic) bond motifs is 6. The van der Waals surface area contributed by atoms with Gasteiger partial charge in [-0.15, -0.1) is 0 Å². The van der Waals surface area contributed by atoms with Gasteiger partial charge in [0, 0.05) is 33.1 Å². The van der Waals surface area contributed by atoms with E-state index in [9.17, 15) is 0 Å². The number of hydrogen-bond donors (Lipinski definition) is 0. The third-order valence-electron chi connectivity index (χ3n) is 10.7. The first-order valence-electron chi connectivity index (χ1n) is 18.6. The molecule has 0 saturated carbocycles. The molecule has 260 valence electrons. The van der Waals surface area contributed by atoms with Gasteiger partial charge < -0.3 is 13.7 Å². The lowest BCUT2D eigenvalue weighted by molar-refractivity contribution is 0.667. The molecule has 5 heteroatoms. The number of amidine groups is 1. The lowest BCUT2D eigenvalue weighted by atomic mass is 9.98. The Morgan fingerprint density at radius 2 is 1.04 bits per heavy atom. The molecule has 0 aliphatic carbocycles. The summed E-state index contributed by atoms with van der Waals surface area (Å²) < 4.78 is 13.3. The van der Waals surface area contributed by atoms with E-state index in [1.807, 2.05) is 30.3 Å². The largest absolute Gasteiger partial charge is 0.456 e. The summed E-state index contributed by atoms with van der Waals surface area (Å²) in [6.07, 6.45) is -0.233. The Hall–Kier alpha value is -7.37. The third-order valence-corrected chi connectivity index (χ3v) is 10.7. The van der Waals surface area contributed by atoms with Crippen LogP contribution in [0, 0.1) is 0 Å². The highest BCUT2D eigenvalue weighted by Crippen LogP contribution is 2.50. The lowest BCUT2D eigenvalue weighted by Gasteiger charge is -2.41. The fraction of sp³-hybridized carbons (Fsp3) is 0.0200. The zero-order valence-electron chi connectivity index (χ0n) is 29.7. The first kappa shape index (κ1) is 31.2. The van der Waals surface area contributed by atoms with Gasteiger partial charge in [-0.05, 0) is 71.3 Å². The van der Waals surface area contributed by atoms with Crippen molar-refractivity contribution in [3.8, 4) is 11.1 Å². The molecule has 0 bridgehead atoms. The van der Waals surface area contributed by atoms with Crippen molar-refractivity contribution in [2.45, 2.75) is 6.17 Å². The quantitative estimate of drug-likeness (QED) is 0.165. The molecule has 1 atom stereocenters. The lowest BCUT2D eigenvalue weighted by Crippen LogP contribution is -2.44. The van der Waals surface area contributed by atoms with Crippen LogP contribution in [0.5, 0.6) is 0 Å². The maximum atomic E-state index is 6.93. The van der Waals surface area contributed by atoms with Crippen molar-refractivity contribution in [3.63, 3.8) is 0 Å². The maximum absolute atomic E-state index is 6.93. The van der Waals surface area contributed by atoms with E-state index in [0.717, 1.165) is 83.6 Å². The molecule has 3 heterocycles. The average Bonchev–Trinajstić information content (AvgIpc) is 3.83. The second kappa shape index (κ2) is 12.6. The normalized spacial score (nSPS) is 14.1. The second-order valence-electron chi connectivity index (χ2n) is 13.9. The van der Waals surface area contributed by atoms with Crippen molar-refractivity contribution in [2.24, 2.45) is 4.99 Å². The Balaban J connectivity index is 1.14. The van der Waals surface area contributed by atoms with Gasteiger partial charge in [-0.2, -0.15) is 0 Å². The number of hydrogen-bond acceptors (Lipinski definition) is 5. The maximum Gasteiger partial charge on any atom is 0.161 e. The Kier molecular flexibility index (Phi) is 7.17. The molecule has 0 amide bonds. The van der Waals surface area contributed by atoms with Crippen LogP contribution in [0.3, 0.4) is 0 Å². The van der Waals surface area contributed by atoms with E-state index in [1.54, 1.807) is 0 Å². The molecule has 5 nitrogen and oxygen atoms in total. The molecule has 10 aromatic rings. The molecule has 8 aromatic carbocycles. The van der Waals surface area contributed by atoms with Crippen molar-refractivity contribution in [1.29, 1.82) is 0 Å². The average molecular weight is 708 g/mol. The van der Waals surface area contributed by atoms with Gasteiger partial charge in [-0.1, -0.05) is 140 Å². The molecule has 1 aliphatic heterocycles. The fourth-order valence-corrected chi connectivity index (χ4v) is 8.16. The monoisotopic (exact) mass is 707 g/mol. The minimum atomic E-state index is -0.233. The van der Waals surface area contributed by atoms with Crippen molar-refractivity contribution < 1.29 is 8.83 Å². The minimum absolute atomic E-state index is 0.233. The van der Waals surface area contributed by atoms with Gasteiger partial charge in [0.1, 0.15) is 22.6 Å². The van der Waals surface area contributed by atoms with Gasteiger partial charge >= 0.3 is 0 Å². The highest BCUT2D eigenvalue weighted by molar-refractivity contribution is 6.27. The van der Waals surface area contributed by atoms with Crippen LogP contribution >= 0.6 is 0 Å². The molecular weight excluding hydrogens is 675 g/mol. The van der Waals surface area contributed by atoms with E-state index >= 15 is 0 Å². The number of furan rings is 2. The van der Waals surface area contributed by atoms with Gasteiger partial charge in [0.15, 0.2) is 11.7 Å². The van der Waals surface area contributed by atoms with Crippen LogP contribution in [0.4, 0.5) is 22.7 Å². The molecule has 0 fully saturated rings. The molecule has 0 saturated heterocycles. The summed E-state index contributed by atoms with van der Waals surface area (Å²) >= 11 is 0. The summed E-state index contributed by atoms with van der Waals surface area (Å²) in [5.74, 6) is 0.891. The Labute approximate surface area is 317 Å². The zero-order valence-corrected chi connectivity index (χ0v) is 29.7. The summed E-state index contributed by atoms with van der Waals surface area (Å²) in [4.78, 5) is 10.0. The number of para-hydroxylation sites is 3. The summed E-state index contributed by atoms with van der Waals surface area (Å²) in [5, 5.41) is 4.22. The van der Waals surface area contributed by atoms with E-state index < -0.39 is 0 Å². The Bertz CT molecular complexity index is 3040. The predicted molar refractivity (Wildman–Crippen MR) is 226 cm³/mol. The van der Waals surface area contributed by atoms with E-state index in [1.165, 1.54) is 11.1 Å². The Morgan fingerprint density at radius 1 is 0.455 bits per heavy atom. The zero-order chi connectivity index (χ0) is 36.3. The number of nitrogens with zero attached hydrogens (tertiary/aromatic N) is 3. The van der Waals surface area contributed by atoms with Crippen molar-refractivity contribution in [1.82, 2.24) is 0 Å². The molecular formula is C50H33N3O2. The second-order valence-corrected chi connectivity index (χ2v) is 13.9.